The van der Waals surface area contributed by atoms with Crippen LogP contribution in [-0.2, 0) is 77.4 Å². The smallest absolute Gasteiger partial charge is 0.239 e. The van der Waals surface area contributed by atoms with Gasteiger partial charge in [-0.1, -0.05) is 103 Å². The molecule has 6 unspecified atom stereocenters. The van der Waals surface area contributed by atoms with Crippen LogP contribution in [0.5, 0.6) is 0 Å². The first-order chi connectivity index (χ1) is 57.5. The molecule has 8 aliphatic rings. The van der Waals surface area contributed by atoms with E-state index in [0.717, 1.165) is 83.4 Å². The zero-order chi connectivity index (χ0) is 85.2. The zero-order valence-corrected chi connectivity index (χ0v) is 73.1. The molecule has 7 N–H and O–H groups in total. The van der Waals surface area contributed by atoms with Gasteiger partial charge in [0.05, 0.1) is 103 Å². The Labute approximate surface area is 724 Å². The van der Waals surface area contributed by atoms with Gasteiger partial charge in [0.25, 0.3) is 0 Å². The monoisotopic (exact) mass is 1720 g/mol. The number of nitrogens with two attached hydrogens (primary N) is 3. The molecule has 8 aliphatic heterocycles. The molecule has 29 heteroatoms. The Kier molecular flexibility index (Phi) is 29.8. The third-order valence-corrected chi connectivity index (χ3v) is 24.9. The molecule has 0 radical (unpaired) electrons. The number of fused-ring (bicyclic) bond motifs is 4. The topological polar surface area (TPSA) is 273 Å². The van der Waals surface area contributed by atoms with Crippen molar-refractivity contribution in [2.75, 3.05) is 124 Å². The number of rotatable bonds is 19. The summed E-state index contributed by atoms with van der Waals surface area (Å²) in [5.41, 5.74) is 35.2. The molecule has 0 bridgehead atoms. The Hall–Kier alpha value is -8.67. The van der Waals surface area contributed by atoms with Crippen molar-refractivity contribution in [3.05, 3.63) is 233 Å². The molecule has 16 rings (SSSR count). The van der Waals surface area contributed by atoms with Gasteiger partial charge in [-0.05, 0) is 163 Å². The third-order valence-electron chi connectivity index (χ3n) is 23.8. The van der Waals surface area contributed by atoms with E-state index in [1.165, 1.54) is 45.9 Å². The molecule has 4 fully saturated rings. The van der Waals surface area contributed by atoms with E-state index in [0.29, 0.717) is 144 Å². The van der Waals surface area contributed by atoms with Gasteiger partial charge < -0.3 is 80.7 Å². The van der Waals surface area contributed by atoms with Gasteiger partial charge in [-0.25, -0.2) is 4.39 Å². The first-order valence-electron chi connectivity index (χ1n) is 41.8. The highest BCUT2D eigenvalue weighted by Crippen LogP contribution is 2.42. The van der Waals surface area contributed by atoms with Crippen molar-refractivity contribution in [2.45, 2.75) is 174 Å². The Balaban J connectivity index is 0.000000138. The van der Waals surface area contributed by atoms with Crippen LogP contribution in [0.1, 0.15) is 172 Å². The number of carbonyl (C=O) groups is 4. The molecule has 8 aromatic rings. The maximum atomic E-state index is 14.1. The predicted octanol–water partition coefficient (Wildman–Crippen LogP) is 13.3. The number of hydrogen-bond donors (Lipinski definition) is 4. The van der Waals surface area contributed by atoms with Gasteiger partial charge in [-0.15, -0.1) is 0 Å². The van der Waals surface area contributed by atoms with Gasteiger partial charge in [0.1, 0.15) is 5.82 Å². The van der Waals surface area contributed by atoms with Crippen LogP contribution in [-0.4, -0.2) is 198 Å². The van der Waals surface area contributed by atoms with Gasteiger partial charge in [0.15, 0.2) is 0 Å². The van der Waals surface area contributed by atoms with Crippen LogP contribution in [0.25, 0.3) is 0 Å². The lowest BCUT2D eigenvalue weighted by atomic mass is 9.85. The number of pyridine rings is 4. The first kappa shape index (κ1) is 89.1. The second-order valence-corrected chi connectivity index (χ2v) is 35.0. The van der Waals surface area contributed by atoms with Crippen molar-refractivity contribution in [1.29, 1.82) is 0 Å². The lowest BCUT2D eigenvalue weighted by Gasteiger charge is -2.42. The molecule has 0 aliphatic carbocycles. The van der Waals surface area contributed by atoms with E-state index in [4.69, 9.17) is 82.6 Å². The molecule has 120 heavy (non-hydrogen) atoms. The summed E-state index contributed by atoms with van der Waals surface area (Å²) in [6.07, 6.45) is 9.01. The Morgan fingerprint density at radius 1 is 0.458 bits per heavy atom. The fourth-order valence-electron chi connectivity index (χ4n) is 17.3. The molecular formula is C91H113Cl4FN16O8. The lowest BCUT2D eigenvalue weighted by Crippen LogP contribution is -2.57. The van der Waals surface area contributed by atoms with Crippen molar-refractivity contribution in [2.24, 2.45) is 17.2 Å². The third kappa shape index (κ3) is 21.7. The van der Waals surface area contributed by atoms with Gasteiger partial charge >= 0.3 is 0 Å². The van der Waals surface area contributed by atoms with Crippen LogP contribution in [0.3, 0.4) is 0 Å². The molecule has 4 aromatic heterocycles. The minimum Gasteiger partial charge on any atom is -0.368 e. The van der Waals surface area contributed by atoms with E-state index in [2.05, 4.69) is 98.5 Å². The number of piperazine rings is 4. The number of aromatic nitrogens is 4. The van der Waals surface area contributed by atoms with E-state index in [-0.39, 0.29) is 65.0 Å². The number of halogens is 5. The average molecular weight is 1720 g/mol. The minimum absolute atomic E-state index is 0.00288. The van der Waals surface area contributed by atoms with Crippen LogP contribution in [0.4, 0.5) is 27.1 Å². The maximum Gasteiger partial charge on any atom is 0.239 e. The number of ether oxygens (including phenoxy) is 4. The highest BCUT2D eigenvalue weighted by molar-refractivity contribution is 6.31. The number of benzene rings is 4. The van der Waals surface area contributed by atoms with E-state index in [9.17, 15) is 23.6 Å². The second kappa shape index (κ2) is 40.1. The van der Waals surface area contributed by atoms with Crippen molar-refractivity contribution in [3.63, 3.8) is 0 Å². The molecule has 4 aromatic carbocycles. The van der Waals surface area contributed by atoms with E-state index >= 15 is 0 Å². The number of nitrogens with one attached hydrogen (secondary N) is 1. The van der Waals surface area contributed by atoms with E-state index < -0.39 is 29.4 Å². The fraction of sp³-hybridized carbons (Fsp3) is 0.473. The summed E-state index contributed by atoms with van der Waals surface area (Å²) in [5, 5.41) is 5.53. The molecule has 24 nitrogen and oxygen atoms in total. The van der Waals surface area contributed by atoms with Crippen LogP contribution in [0.15, 0.2) is 140 Å². The zero-order valence-electron chi connectivity index (χ0n) is 70.1. The van der Waals surface area contributed by atoms with Crippen LogP contribution in [0.2, 0.25) is 20.1 Å². The molecule has 0 spiro atoms. The number of amides is 4. The molecular weight excluding hydrogens is 1610 g/mol. The van der Waals surface area contributed by atoms with Crippen LogP contribution < -0.4 is 42.1 Å². The van der Waals surface area contributed by atoms with Crippen molar-refractivity contribution in [1.82, 2.24) is 44.9 Å². The van der Waals surface area contributed by atoms with Gasteiger partial charge in [0.2, 0.25) is 23.6 Å². The highest BCUT2D eigenvalue weighted by atomic mass is 35.5. The molecule has 12 heterocycles. The summed E-state index contributed by atoms with van der Waals surface area (Å²) in [6, 6.07) is 34.8. The predicted molar refractivity (Wildman–Crippen MR) is 470 cm³/mol. The van der Waals surface area contributed by atoms with Gasteiger partial charge in [-0.2, -0.15) is 0 Å². The van der Waals surface area contributed by atoms with E-state index in [1.54, 1.807) is 6.07 Å². The standard InChI is InChI=1S/C24H30ClFN4O2.C24H31ClN4O2.C22H27ClN4O2.C21H25ClN4O2/c1-15-22-20(14-32-15)28-7-6-21(22)29-8-10-30(11-9-29)23(31)17(13-24(2,3)27)16-4-5-18(25)19(26)12-16;1-16(2)27-14-20(18-4-6-19(25)7-5-18)24(30)29-12-10-28(11-13-29)22-8-9-26-21-15-31-17(3)23(21)22;1-14-12-26(22(28)18(24)11-16-3-5-17(23)6-4-16)9-10-27(14)20-7-8-25-19-13-29-15(2)21(19)20;1-14-20-18(13-28-14)24-7-6-19(20)25-8-10-26(11-9-25)21(27)17(23)12-15-2-4-16(22)5-3-15/h4-7,12,15,17H,8-11,13-14,27H2,1-3H3;4-9,16-17,20,27H,10-15H2,1-3H3;3-8,14-15,18H,9-13,24H2,1-2H3;2-7,14,17H,8-13,23H2,1H3/t;;14-,15?,18+;14?,17-/m..01/s1. The molecule has 640 valence electrons. The summed E-state index contributed by atoms with van der Waals surface area (Å²) < 4.78 is 37.2. The Morgan fingerprint density at radius 3 is 1.18 bits per heavy atom. The molecule has 9 atom stereocenters. The minimum atomic E-state index is -0.577. The van der Waals surface area contributed by atoms with Gasteiger partial charge in [-0.3, -0.25) is 39.1 Å². The summed E-state index contributed by atoms with van der Waals surface area (Å²) in [5.74, 6) is -1.11. The molecule has 4 amide bonds. The quantitative estimate of drug-likeness (QED) is 0.0586. The fourth-order valence-corrected chi connectivity index (χ4v) is 17.8. The van der Waals surface area contributed by atoms with E-state index in [1.807, 2.05) is 150 Å². The highest BCUT2D eigenvalue weighted by Gasteiger charge is 2.39. The number of hydrogen-bond acceptors (Lipinski definition) is 20. The normalized spacial score (nSPS) is 20.5. The first-order valence-corrected chi connectivity index (χ1v) is 43.3. The van der Waals surface area contributed by atoms with Crippen LogP contribution in [0, 0.1) is 5.82 Å². The number of anilines is 4. The van der Waals surface area contributed by atoms with Gasteiger partial charge in [0, 0.05) is 207 Å². The molecule has 0 saturated carbocycles. The molecule has 4 saturated heterocycles. The SMILES string of the molecule is CC(C)NCC(C(=O)N1CCN(c2ccnc3c2C(C)OC3)CC1)c1ccc(Cl)cc1.CC1OCc2nccc(N3CCN(C(=O)C(CC(C)(C)N)c4ccc(Cl)c(F)c4)CC3)c21.CC1OCc2nccc(N3CCN(C(=O)[C@H](N)Cc4ccc(Cl)cc4)CC3)c21.CC1OCc2nccc(N3CCN(C(=O)[C@H](N)Cc4ccc(Cl)cc4)C[C@@H]3C)c21. The van der Waals surface area contributed by atoms with Crippen molar-refractivity contribution in [3.8, 4) is 0 Å². The summed E-state index contributed by atoms with van der Waals surface area (Å²) in [4.78, 5) is 87.5. The second-order valence-electron chi connectivity index (χ2n) is 33.3. The van der Waals surface area contributed by atoms with Crippen LogP contribution >= 0.6 is 46.4 Å². The average Bonchev–Trinajstić information content (AvgIpc) is 1.01. The van der Waals surface area contributed by atoms with Crippen molar-refractivity contribution < 1.29 is 42.5 Å². The number of carbonyl (C=O) groups excluding carboxylic acids is 4. The Bertz CT molecular complexity index is 4860. The Morgan fingerprint density at radius 2 is 0.800 bits per heavy atom. The largest absolute Gasteiger partial charge is 0.368 e. The summed E-state index contributed by atoms with van der Waals surface area (Å²) >= 11 is 23.8. The maximum absolute atomic E-state index is 14.1. The number of nitrogens with zero attached hydrogens (tertiary/aromatic N) is 12. The lowest BCUT2D eigenvalue weighted by molar-refractivity contribution is -0.134. The summed E-state index contributed by atoms with van der Waals surface area (Å²) in [7, 11) is 0. The van der Waals surface area contributed by atoms with Crippen molar-refractivity contribution >= 4 is 92.8 Å². The summed E-state index contributed by atoms with van der Waals surface area (Å²) in [6.45, 7) is 31.8.